The van der Waals surface area contributed by atoms with Crippen molar-refractivity contribution in [2.45, 2.75) is 38.5 Å². The molecule has 0 saturated heterocycles. The second-order valence-corrected chi connectivity index (χ2v) is 18.3. The van der Waals surface area contributed by atoms with Gasteiger partial charge in [0.1, 0.15) is 11.2 Å². The van der Waals surface area contributed by atoms with Gasteiger partial charge in [-0.15, -0.1) is 0 Å². The monoisotopic (exact) mass is 778 g/mol. The minimum Gasteiger partial charge on any atom is -0.455 e. The summed E-state index contributed by atoms with van der Waals surface area (Å²) in [5, 5.41) is 9.75. The van der Waals surface area contributed by atoms with E-state index in [4.69, 9.17) is 4.42 Å². The van der Waals surface area contributed by atoms with E-state index in [1.54, 1.807) is 0 Å². The molecule has 0 saturated carbocycles. The standard InChI is InChI=1S/C60H42O/c1-59(2)51-27-14-12-23-46(51)55-52(59)33-32-45-49-34-48(37-16-5-10-22-44(37)57(49)61-58(45)55)35-28-30-36(31-29-35)53-39-18-6-8-20-41(39)54(42-21-9-7-19-40(42)53)47-25-15-24-43-38-17-11-13-26-50(38)60(3,4)56(43)47/h5-34H,1-4H3. The molecule has 2 aliphatic carbocycles. The third kappa shape index (κ3) is 4.56. The minimum atomic E-state index is -0.127. The highest BCUT2D eigenvalue weighted by Gasteiger charge is 2.39. The molecule has 1 heteroatoms. The largest absolute Gasteiger partial charge is 0.455 e. The summed E-state index contributed by atoms with van der Waals surface area (Å²) < 4.78 is 7.00. The Hall–Kier alpha value is -7.22. The van der Waals surface area contributed by atoms with Gasteiger partial charge in [-0.1, -0.05) is 204 Å². The average Bonchev–Trinajstić information content (AvgIpc) is 3.88. The van der Waals surface area contributed by atoms with E-state index in [0.717, 1.165) is 21.9 Å². The van der Waals surface area contributed by atoms with Crippen LogP contribution in [0, 0.1) is 0 Å². The molecule has 0 N–H and O–H groups in total. The Morgan fingerprint density at radius 3 is 1.49 bits per heavy atom. The van der Waals surface area contributed by atoms with Gasteiger partial charge in [-0.05, 0) is 105 Å². The minimum absolute atomic E-state index is 0.0872. The zero-order chi connectivity index (χ0) is 40.8. The summed E-state index contributed by atoms with van der Waals surface area (Å²) >= 11 is 0. The summed E-state index contributed by atoms with van der Waals surface area (Å²) in [4.78, 5) is 0. The Morgan fingerprint density at radius 1 is 0.295 bits per heavy atom. The van der Waals surface area contributed by atoms with Gasteiger partial charge in [-0.25, -0.2) is 0 Å². The molecule has 0 amide bonds. The maximum Gasteiger partial charge on any atom is 0.143 e. The highest BCUT2D eigenvalue weighted by Crippen LogP contribution is 2.56. The van der Waals surface area contributed by atoms with Gasteiger partial charge in [0.05, 0.1) is 0 Å². The summed E-state index contributed by atoms with van der Waals surface area (Å²) in [5.41, 5.74) is 20.0. The lowest BCUT2D eigenvalue weighted by Crippen LogP contribution is -2.16. The van der Waals surface area contributed by atoms with Crippen LogP contribution < -0.4 is 0 Å². The molecule has 1 aromatic heterocycles. The molecule has 61 heavy (non-hydrogen) atoms. The fourth-order valence-electron chi connectivity index (χ4n) is 11.7. The zero-order valence-corrected chi connectivity index (χ0v) is 34.7. The van der Waals surface area contributed by atoms with Crippen molar-refractivity contribution in [2.75, 3.05) is 0 Å². The summed E-state index contributed by atoms with van der Waals surface area (Å²) in [7, 11) is 0. The molecule has 0 unspecified atom stereocenters. The molecule has 11 aromatic rings. The topological polar surface area (TPSA) is 13.1 Å². The van der Waals surface area contributed by atoms with Crippen molar-refractivity contribution >= 4 is 54.3 Å². The van der Waals surface area contributed by atoms with Crippen molar-refractivity contribution in [2.24, 2.45) is 0 Å². The second kappa shape index (κ2) is 12.2. The van der Waals surface area contributed by atoms with E-state index in [-0.39, 0.29) is 10.8 Å². The molecule has 10 aromatic carbocycles. The Kier molecular flexibility index (Phi) is 6.91. The highest BCUT2D eigenvalue weighted by atomic mass is 16.3. The van der Waals surface area contributed by atoms with Crippen LogP contribution in [-0.4, -0.2) is 0 Å². The number of rotatable bonds is 3. The normalized spacial score (nSPS) is 14.5. The number of hydrogen-bond acceptors (Lipinski definition) is 1. The highest BCUT2D eigenvalue weighted by molar-refractivity contribution is 6.23. The van der Waals surface area contributed by atoms with Crippen molar-refractivity contribution in [1.82, 2.24) is 0 Å². The van der Waals surface area contributed by atoms with Gasteiger partial charge >= 0.3 is 0 Å². The molecule has 0 fully saturated rings. The van der Waals surface area contributed by atoms with Crippen molar-refractivity contribution in [3.63, 3.8) is 0 Å². The van der Waals surface area contributed by atoms with E-state index in [2.05, 4.69) is 210 Å². The van der Waals surface area contributed by atoms with Gasteiger partial charge in [0, 0.05) is 32.6 Å². The first-order chi connectivity index (χ1) is 29.8. The van der Waals surface area contributed by atoms with Gasteiger partial charge in [-0.3, -0.25) is 0 Å². The molecule has 288 valence electrons. The van der Waals surface area contributed by atoms with Crippen molar-refractivity contribution < 1.29 is 4.42 Å². The predicted octanol–water partition coefficient (Wildman–Crippen LogP) is 16.7. The lowest BCUT2D eigenvalue weighted by molar-refractivity contribution is 0.654. The first-order valence-corrected chi connectivity index (χ1v) is 21.6. The SMILES string of the molecule is CC1(C)c2ccccc2-c2c1ccc1c2oc2c3ccccc3c(-c3ccc(-c4c5ccccc5c(-c5cccc6c5C(C)(C)c5ccccc5-6)c5ccccc45)cc3)cc12. The Morgan fingerprint density at radius 2 is 0.803 bits per heavy atom. The van der Waals surface area contributed by atoms with Gasteiger partial charge in [0.25, 0.3) is 0 Å². The van der Waals surface area contributed by atoms with E-state index in [1.165, 1.54) is 110 Å². The Bertz CT molecular complexity index is 3630. The van der Waals surface area contributed by atoms with Gasteiger partial charge in [-0.2, -0.15) is 0 Å². The van der Waals surface area contributed by atoms with Crippen molar-refractivity contribution in [1.29, 1.82) is 0 Å². The maximum atomic E-state index is 7.00. The number of fused-ring (bicyclic) bond motifs is 14. The van der Waals surface area contributed by atoms with Crippen LogP contribution in [-0.2, 0) is 10.8 Å². The van der Waals surface area contributed by atoms with E-state index in [1.807, 2.05) is 0 Å². The Balaban J connectivity index is 0.998. The van der Waals surface area contributed by atoms with Crippen LogP contribution in [0.1, 0.15) is 49.9 Å². The predicted molar refractivity (Wildman–Crippen MR) is 258 cm³/mol. The molecule has 2 aliphatic rings. The van der Waals surface area contributed by atoms with E-state index >= 15 is 0 Å². The van der Waals surface area contributed by atoms with Crippen LogP contribution in [0.4, 0.5) is 0 Å². The van der Waals surface area contributed by atoms with Crippen LogP contribution >= 0.6 is 0 Å². The van der Waals surface area contributed by atoms with Crippen LogP contribution in [0.25, 0.3) is 110 Å². The smallest absolute Gasteiger partial charge is 0.143 e. The number of furan rings is 1. The Labute approximate surface area is 355 Å². The summed E-state index contributed by atoms with van der Waals surface area (Å²) in [5.74, 6) is 0. The fourth-order valence-corrected chi connectivity index (χ4v) is 11.7. The molecule has 0 aliphatic heterocycles. The lowest BCUT2D eigenvalue weighted by Gasteiger charge is -2.26. The van der Waals surface area contributed by atoms with Crippen LogP contribution in [0.3, 0.4) is 0 Å². The molecular weight excluding hydrogens is 737 g/mol. The van der Waals surface area contributed by atoms with Crippen LogP contribution in [0.5, 0.6) is 0 Å². The fraction of sp³-hybridized carbons (Fsp3) is 0.100. The first-order valence-electron chi connectivity index (χ1n) is 21.6. The van der Waals surface area contributed by atoms with E-state index in [0.29, 0.717) is 0 Å². The quantitative estimate of drug-likeness (QED) is 0.163. The van der Waals surface area contributed by atoms with Crippen molar-refractivity contribution in [3.05, 3.63) is 204 Å². The molecule has 0 radical (unpaired) electrons. The molecule has 1 heterocycles. The van der Waals surface area contributed by atoms with Crippen LogP contribution in [0.2, 0.25) is 0 Å². The van der Waals surface area contributed by atoms with Gasteiger partial charge in [0.2, 0.25) is 0 Å². The zero-order valence-electron chi connectivity index (χ0n) is 34.7. The molecule has 0 bridgehead atoms. The number of hydrogen-bond donors (Lipinski definition) is 0. The average molecular weight is 779 g/mol. The van der Waals surface area contributed by atoms with E-state index in [9.17, 15) is 0 Å². The summed E-state index contributed by atoms with van der Waals surface area (Å²) in [6.45, 7) is 9.45. The molecule has 1 nitrogen and oxygen atoms in total. The maximum absolute atomic E-state index is 7.00. The van der Waals surface area contributed by atoms with Gasteiger partial charge in [0.15, 0.2) is 0 Å². The molecule has 0 atom stereocenters. The molecule has 13 rings (SSSR count). The van der Waals surface area contributed by atoms with Crippen LogP contribution in [0.15, 0.2) is 186 Å². The lowest BCUT2D eigenvalue weighted by atomic mass is 9.77. The summed E-state index contributed by atoms with van der Waals surface area (Å²) in [6, 6.07) is 67.8. The van der Waals surface area contributed by atoms with Gasteiger partial charge < -0.3 is 4.42 Å². The van der Waals surface area contributed by atoms with E-state index < -0.39 is 0 Å². The molecule has 0 spiro atoms. The van der Waals surface area contributed by atoms with Crippen molar-refractivity contribution in [3.8, 4) is 55.6 Å². The second-order valence-electron chi connectivity index (χ2n) is 18.3. The summed E-state index contributed by atoms with van der Waals surface area (Å²) in [6.07, 6.45) is 0. The number of benzene rings is 10. The third-order valence-electron chi connectivity index (χ3n) is 14.5. The molecular formula is C60H42O. The third-order valence-corrected chi connectivity index (χ3v) is 14.5. The first kappa shape index (κ1) is 34.6.